The zero-order chi connectivity index (χ0) is 13.8. The van der Waals surface area contributed by atoms with Gasteiger partial charge in [0.05, 0.1) is 6.54 Å². The Balaban J connectivity index is 3.08. The molecule has 0 aromatic heterocycles. The normalized spacial score (nSPS) is 13.7. The van der Waals surface area contributed by atoms with Gasteiger partial charge < -0.3 is 16.4 Å². The standard InChI is InChI=1S/C12H16ClN3O2/c1-12(11(14)18,16-10(17)7-15-2)8-4-3-5-9(13)6-8/h3-6,15H,7H2,1-2H3,(H2,14,18)(H,16,17). The van der Waals surface area contributed by atoms with Crippen LogP contribution in [0.4, 0.5) is 0 Å². The number of halogens is 1. The van der Waals surface area contributed by atoms with Crippen LogP contribution in [0.3, 0.4) is 0 Å². The third-order valence-corrected chi connectivity index (χ3v) is 2.86. The Morgan fingerprint density at radius 2 is 2.11 bits per heavy atom. The van der Waals surface area contributed by atoms with E-state index >= 15 is 0 Å². The number of benzene rings is 1. The van der Waals surface area contributed by atoms with E-state index in [2.05, 4.69) is 10.6 Å². The van der Waals surface area contributed by atoms with Crippen molar-refractivity contribution in [3.8, 4) is 0 Å². The maximum atomic E-state index is 11.6. The van der Waals surface area contributed by atoms with Crippen LogP contribution in [0.15, 0.2) is 24.3 Å². The highest BCUT2D eigenvalue weighted by molar-refractivity contribution is 6.30. The summed E-state index contributed by atoms with van der Waals surface area (Å²) in [7, 11) is 1.64. The molecule has 1 aromatic rings. The number of rotatable bonds is 5. The third-order valence-electron chi connectivity index (χ3n) is 2.62. The fourth-order valence-electron chi connectivity index (χ4n) is 1.56. The van der Waals surface area contributed by atoms with Crippen LogP contribution in [0, 0.1) is 0 Å². The van der Waals surface area contributed by atoms with Crippen LogP contribution in [0.1, 0.15) is 12.5 Å². The molecule has 1 rings (SSSR count). The molecular weight excluding hydrogens is 254 g/mol. The second-order valence-corrected chi connectivity index (χ2v) is 4.51. The van der Waals surface area contributed by atoms with Crippen molar-refractivity contribution in [3.05, 3.63) is 34.9 Å². The van der Waals surface area contributed by atoms with Crippen molar-refractivity contribution in [2.75, 3.05) is 13.6 Å². The molecule has 4 N–H and O–H groups in total. The largest absolute Gasteiger partial charge is 0.367 e. The van der Waals surface area contributed by atoms with Crippen molar-refractivity contribution in [2.45, 2.75) is 12.5 Å². The summed E-state index contributed by atoms with van der Waals surface area (Å²) >= 11 is 5.88. The second-order valence-electron chi connectivity index (χ2n) is 4.08. The molecule has 0 heterocycles. The summed E-state index contributed by atoms with van der Waals surface area (Å²) in [5.41, 5.74) is 4.65. The summed E-state index contributed by atoms with van der Waals surface area (Å²) in [5, 5.41) is 5.78. The molecule has 0 saturated heterocycles. The monoisotopic (exact) mass is 269 g/mol. The van der Waals surface area contributed by atoms with Gasteiger partial charge in [-0.15, -0.1) is 0 Å². The van der Waals surface area contributed by atoms with E-state index in [1.54, 1.807) is 38.2 Å². The predicted molar refractivity (Wildman–Crippen MR) is 70.1 cm³/mol. The lowest BCUT2D eigenvalue weighted by atomic mass is 9.91. The first-order valence-corrected chi connectivity index (χ1v) is 5.79. The van der Waals surface area contributed by atoms with Gasteiger partial charge in [0.2, 0.25) is 11.8 Å². The Morgan fingerprint density at radius 1 is 1.44 bits per heavy atom. The molecule has 0 saturated carbocycles. The number of amides is 2. The Bertz CT molecular complexity index is 464. The molecular formula is C12H16ClN3O2. The van der Waals surface area contributed by atoms with E-state index in [4.69, 9.17) is 17.3 Å². The fraction of sp³-hybridized carbons (Fsp3) is 0.333. The number of carbonyl (C=O) groups is 2. The van der Waals surface area contributed by atoms with Gasteiger partial charge in [-0.05, 0) is 31.7 Å². The Kier molecular flexibility index (Phi) is 4.69. The number of nitrogens with two attached hydrogens (primary N) is 1. The average Bonchev–Trinajstić information content (AvgIpc) is 2.28. The molecule has 0 aliphatic carbocycles. The van der Waals surface area contributed by atoms with Crippen molar-refractivity contribution in [1.82, 2.24) is 10.6 Å². The van der Waals surface area contributed by atoms with E-state index in [1.165, 1.54) is 0 Å². The molecule has 0 bridgehead atoms. The van der Waals surface area contributed by atoms with Crippen LogP contribution in [-0.2, 0) is 15.1 Å². The summed E-state index contributed by atoms with van der Waals surface area (Å²) < 4.78 is 0. The molecule has 0 aliphatic heterocycles. The van der Waals surface area contributed by atoms with Crippen molar-refractivity contribution in [3.63, 3.8) is 0 Å². The Morgan fingerprint density at radius 3 is 2.61 bits per heavy atom. The van der Waals surface area contributed by atoms with Gasteiger partial charge in [-0.1, -0.05) is 23.7 Å². The fourth-order valence-corrected chi connectivity index (χ4v) is 1.75. The van der Waals surface area contributed by atoms with Gasteiger partial charge in [0.15, 0.2) is 0 Å². The second kappa shape index (κ2) is 5.84. The number of primary amides is 1. The number of hydrogen-bond acceptors (Lipinski definition) is 3. The maximum absolute atomic E-state index is 11.6. The summed E-state index contributed by atoms with van der Waals surface area (Å²) in [6, 6.07) is 6.67. The predicted octanol–water partition coefficient (Wildman–Crippen LogP) is 0.376. The highest BCUT2D eigenvalue weighted by Gasteiger charge is 2.34. The summed E-state index contributed by atoms with van der Waals surface area (Å²) in [4.78, 5) is 23.2. The van der Waals surface area contributed by atoms with E-state index in [9.17, 15) is 9.59 Å². The minimum Gasteiger partial charge on any atom is -0.367 e. The first kappa shape index (κ1) is 14.5. The minimum absolute atomic E-state index is 0.101. The number of carbonyl (C=O) groups excluding carboxylic acids is 2. The van der Waals surface area contributed by atoms with Crippen molar-refractivity contribution < 1.29 is 9.59 Å². The lowest BCUT2D eigenvalue weighted by molar-refractivity contribution is -0.130. The molecule has 5 nitrogen and oxygen atoms in total. The van der Waals surface area contributed by atoms with Gasteiger partial charge in [-0.3, -0.25) is 9.59 Å². The van der Waals surface area contributed by atoms with Crippen LogP contribution >= 0.6 is 11.6 Å². The summed E-state index contributed by atoms with van der Waals surface area (Å²) in [6.07, 6.45) is 0. The number of likely N-dealkylation sites (N-methyl/N-ethyl adjacent to an activating group) is 1. The molecule has 0 spiro atoms. The van der Waals surface area contributed by atoms with Gasteiger partial charge >= 0.3 is 0 Å². The van der Waals surface area contributed by atoms with E-state index in [1.807, 2.05) is 0 Å². The van der Waals surface area contributed by atoms with E-state index < -0.39 is 11.4 Å². The van der Waals surface area contributed by atoms with E-state index in [0.29, 0.717) is 10.6 Å². The molecule has 0 fully saturated rings. The molecule has 2 amide bonds. The maximum Gasteiger partial charge on any atom is 0.247 e. The van der Waals surface area contributed by atoms with Crippen molar-refractivity contribution in [2.24, 2.45) is 5.73 Å². The quantitative estimate of drug-likeness (QED) is 0.722. The van der Waals surface area contributed by atoms with Crippen LogP contribution in [0.25, 0.3) is 0 Å². The number of nitrogens with one attached hydrogen (secondary N) is 2. The van der Waals surface area contributed by atoms with Crippen molar-refractivity contribution >= 4 is 23.4 Å². The van der Waals surface area contributed by atoms with Crippen LogP contribution in [0.5, 0.6) is 0 Å². The van der Waals surface area contributed by atoms with Crippen LogP contribution in [0.2, 0.25) is 5.02 Å². The Hall–Kier alpha value is -1.59. The SMILES string of the molecule is CNCC(=O)NC(C)(C(N)=O)c1cccc(Cl)c1. The van der Waals surface area contributed by atoms with Gasteiger partial charge in [0.25, 0.3) is 0 Å². The van der Waals surface area contributed by atoms with Crippen LogP contribution in [-0.4, -0.2) is 25.4 Å². The minimum atomic E-state index is -1.28. The summed E-state index contributed by atoms with van der Waals surface area (Å²) in [5.74, 6) is -0.965. The highest BCUT2D eigenvalue weighted by atomic mass is 35.5. The van der Waals surface area contributed by atoms with Gasteiger partial charge in [-0.25, -0.2) is 0 Å². The molecule has 0 aliphatic rings. The van der Waals surface area contributed by atoms with Gasteiger partial charge in [0.1, 0.15) is 5.54 Å². The van der Waals surface area contributed by atoms with Crippen molar-refractivity contribution in [1.29, 1.82) is 0 Å². The average molecular weight is 270 g/mol. The number of hydrogen-bond donors (Lipinski definition) is 3. The summed E-state index contributed by atoms with van der Waals surface area (Å²) in [6.45, 7) is 1.65. The smallest absolute Gasteiger partial charge is 0.247 e. The van der Waals surface area contributed by atoms with Gasteiger partial charge in [-0.2, -0.15) is 0 Å². The molecule has 18 heavy (non-hydrogen) atoms. The molecule has 98 valence electrons. The van der Waals surface area contributed by atoms with E-state index in [-0.39, 0.29) is 12.5 Å². The van der Waals surface area contributed by atoms with Crippen LogP contribution < -0.4 is 16.4 Å². The molecule has 1 atom stereocenters. The first-order valence-electron chi connectivity index (χ1n) is 5.41. The Labute approximate surface area is 111 Å². The van der Waals surface area contributed by atoms with E-state index in [0.717, 1.165) is 0 Å². The zero-order valence-electron chi connectivity index (χ0n) is 10.3. The molecule has 1 aromatic carbocycles. The third kappa shape index (κ3) is 3.21. The highest BCUT2D eigenvalue weighted by Crippen LogP contribution is 2.23. The first-order chi connectivity index (χ1) is 8.40. The van der Waals surface area contributed by atoms with Gasteiger partial charge in [0, 0.05) is 5.02 Å². The lowest BCUT2D eigenvalue weighted by Crippen LogP contribution is -2.54. The molecule has 6 heteroatoms. The lowest BCUT2D eigenvalue weighted by Gasteiger charge is -2.28. The topological polar surface area (TPSA) is 84.2 Å². The molecule has 0 radical (unpaired) electrons. The zero-order valence-corrected chi connectivity index (χ0v) is 11.0. The molecule has 1 unspecified atom stereocenters.